The molecule has 0 aliphatic rings. The summed E-state index contributed by atoms with van der Waals surface area (Å²) < 4.78 is 2.04. The van der Waals surface area contributed by atoms with Gasteiger partial charge in [0.15, 0.2) is 0 Å². The first-order chi connectivity index (χ1) is 15.6. The molecule has 0 amide bonds. The minimum Gasteiger partial charge on any atom is -0.233 e. The summed E-state index contributed by atoms with van der Waals surface area (Å²) in [4.78, 5) is 0. The predicted molar refractivity (Wildman–Crippen MR) is 142 cm³/mol. The summed E-state index contributed by atoms with van der Waals surface area (Å²) in [5.41, 5.74) is 8.38. The third-order valence-corrected chi connectivity index (χ3v) is 6.00. The molecule has 2 heteroatoms. The number of para-hydroxylation sites is 1. The summed E-state index contributed by atoms with van der Waals surface area (Å²) in [6, 6.07) is 30.1. The molecule has 3 aromatic carbocycles. The van der Waals surface area contributed by atoms with Gasteiger partial charge < -0.3 is 0 Å². The van der Waals surface area contributed by atoms with Crippen LogP contribution in [0, 0.1) is 0 Å². The quantitative estimate of drug-likeness (QED) is 0.316. The van der Waals surface area contributed by atoms with E-state index in [0.29, 0.717) is 0 Å². The van der Waals surface area contributed by atoms with Gasteiger partial charge in [-0.1, -0.05) is 114 Å². The predicted octanol–water partition coefficient (Wildman–Crippen LogP) is 8.30. The van der Waals surface area contributed by atoms with Gasteiger partial charge in [0.25, 0.3) is 0 Å². The van der Waals surface area contributed by atoms with Crippen molar-refractivity contribution in [2.24, 2.45) is 0 Å². The van der Waals surface area contributed by atoms with Gasteiger partial charge in [-0.25, -0.2) is 4.68 Å². The standard InChI is InChI=1S/C31H34N2/c1-30(2,3)25-17-12-23(13-18-25)14-21-27-22-29(33(32-27)28-10-8-7-9-11-28)24-15-19-26(20-16-24)31(4,5)6/h7-22H,1-6H3. The average Bonchev–Trinajstić information content (AvgIpc) is 3.22. The van der Waals surface area contributed by atoms with E-state index >= 15 is 0 Å². The van der Waals surface area contributed by atoms with Crippen molar-refractivity contribution in [3.8, 4) is 16.9 Å². The van der Waals surface area contributed by atoms with Crippen molar-refractivity contribution in [1.29, 1.82) is 0 Å². The highest BCUT2D eigenvalue weighted by atomic mass is 15.3. The third kappa shape index (κ3) is 5.34. The molecule has 168 valence electrons. The fourth-order valence-corrected chi connectivity index (χ4v) is 3.87. The van der Waals surface area contributed by atoms with Gasteiger partial charge in [0.05, 0.1) is 17.1 Å². The van der Waals surface area contributed by atoms with Gasteiger partial charge in [0.2, 0.25) is 0 Å². The molecule has 1 heterocycles. The molecule has 0 saturated carbocycles. The highest BCUT2D eigenvalue weighted by Crippen LogP contribution is 2.29. The van der Waals surface area contributed by atoms with Crippen LogP contribution in [0.15, 0.2) is 84.9 Å². The second-order valence-electron chi connectivity index (χ2n) is 10.7. The molecule has 0 aliphatic heterocycles. The number of hydrogen-bond acceptors (Lipinski definition) is 1. The van der Waals surface area contributed by atoms with Crippen LogP contribution >= 0.6 is 0 Å². The lowest BCUT2D eigenvalue weighted by Crippen LogP contribution is -2.10. The van der Waals surface area contributed by atoms with E-state index in [0.717, 1.165) is 22.6 Å². The first kappa shape index (κ1) is 22.8. The van der Waals surface area contributed by atoms with Gasteiger partial charge in [-0.15, -0.1) is 0 Å². The van der Waals surface area contributed by atoms with Crippen LogP contribution in [0.3, 0.4) is 0 Å². The monoisotopic (exact) mass is 434 g/mol. The van der Waals surface area contributed by atoms with Gasteiger partial charge in [0, 0.05) is 5.56 Å². The van der Waals surface area contributed by atoms with Crippen molar-refractivity contribution in [1.82, 2.24) is 9.78 Å². The zero-order valence-corrected chi connectivity index (χ0v) is 20.6. The number of nitrogens with zero attached hydrogens (tertiary/aromatic N) is 2. The van der Waals surface area contributed by atoms with Gasteiger partial charge in [0.1, 0.15) is 0 Å². The Hall–Kier alpha value is -3.39. The van der Waals surface area contributed by atoms with Gasteiger partial charge in [-0.3, -0.25) is 0 Å². The Kier molecular flexibility index (Phi) is 6.12. The Labute approximate surface area is 198 Å². The molecule has 0 radical (unpaired) electrons. The van der Waals surface area contributed by atoms with E-state index in [2.05, 4.69) is 133 Å². The van der Waals surface area contributed by atoms with Crippen LogP contribution in [-0.4, -0.2) is 9.78 Å². The van der Waals surface area contributed by atoms with Crippen molar-refractivity contribution in [3.05, 3.63) is 107 Å². The molecule has 0 saturated heterocycles. The Morgan fingerprint density at radius 3 is 1.73 bits per heavy atom. The van der Waals surface area contributed by atoms with Crippen molar-refractivity contribution in [3.63, 3.8) is 0 Å². The second-order valence-corrected chi connectivity index (χ2v) is 10.7. The van der Waals surface area contributed by atoms with Crippen LogP contribution in [0.25, 0.3) is 29.1 Å². The molecule has 0 aliphatic carbocycles. The minimum absolute atomic E-state index is 0.134. The van der Waals surface area contributed by atoms with Crippen molar-refractivity contribution >= 4 is 12.2 Å². The normalized spacial score (nSPS) is 12.4. The van der Waals surface area contributed by atoms with Crippen LogP contribution in [0.2, 0.25) is 0 Å². The van der Waals surface area contributed by atoms with Crippen LogP contribution in [0.4, 0.5) is 0 Å². The molecule has 0 N–H and O–H groups in total. The van der Waals surface area contributed by atoms with Crippen LogP contribution in [0.1, 0.15) is 63.9 Å². The molecule has 2 nitrogen and oxygen atoms in total. The first-order valence-corrected chi connectivity index (χ1v) is 11.7. The van der Waals surface area contributed by atoms with E-state index in [1.807, 2.05) is 10.7 Å². The second kappa shape index (κ2) is 8.86. The maximum atomic E-state index is 4.93. The topological polar surface area (TPSA) is 17.8 Å². The Balaban J connectivity index is 1.69. The zero-order chi connectivity index (χ0) is 23.6. The minimum atomic E-state index is 0.134. The van der Waals surface area contributed by atoms with Crippen molar-refractivity contribution in [2.75, 3.05) is 0 Å². The third-order valence-electron chi connectivity index (χ3n) is 6.00. The molecule has 1 aromatic heterocycles. The van der Waals surface area contributed by atoms with Crippen molar-refractivity contribution < 1.29 is 0 Å². The first-order valence-electron chi connectivity index (χ1n) is 11.7. The SMILES string of the molecule is CC(C)(C)c1ccc(C=Cc2cc(-c3ccc(C(C)(C)C)cc3)n(-c3ccccc3)n2)cc1. The Bertz CT molecular complexity index is 1230. The fraction of sp³-hybridized carbons (Fsp3) is 0.258. The summed E-state index contributed by atoms with van der Waals surface area (Å²) in [6.45, 7) is 13.4. The molecule has 0 fully saturated rings. The number of aromatic nitrogens is 2. The number of rotatable bonds is 4. The molecule has 0 bridgehead atoms. The molecular weight excluding hydrogens is 400 g/mol. The molecule has 33 heavy (non-hydrogen) atoms. The van der Waals surface area contributed by atoms with E-state index in [9.17, 15) is 0 Å². The van der Waals surface area contributed by atoms with Crippen LogP contribution < -0.4 is 0 Å². The molecule has 0 spiro atoms. The summed E-state index contributed by atoms with van der Waals surface area (Å²) in [5.74, 6) is 0. The summed E-state index contributed by atoms with van der Waals surface area (Å²) in [5, 5.41) is 4.93. The number of benzene rings is 3. The molecule has 4 aromatic rings. The van der Waals surface area contributed by atoms with E-state index < -0.39 is 0 Å². The van der Waals surface area contributed by atoms with Gasteiger partial charge in [-0.05, 0) is 51.8 Å². The van der Waals surface area contributed by atoms with E-state index in [-0.39, 0.29) is 10.8 Å². The maximum Gasteiger partial charge on any atom is 0.0862 e. The lowest BCUT2D eigenvalue weighted by Gasteiger charge is -2.19. The highest BCUT2D eigenvalue weighted by Gasteiger charge is 2.16. The van der Waals surface area contributed by atoms with E-state index in [1.165, 1.54) is 16.7 Å². The average molecular weight is 435 g/mol. The molecule has 4 rings (SSSR count). The molecule has 0 unspecified atom stereocenters. The molecule has 0 atom stereocenters. The molecular formula is C31H34N2. The van der Waals surface area contributed by atoms with Gasteiger partial charge in [-0.2, -0.15) is 5.10 Å². The van der Waals surface area contributed by atoms with Crippen LogP contribution in [0.5, 0.6) is 0 Å². The summed E-state index contributed by atoms with van der Waals surface area (Å²) in [7, 11) is 0. The van der Waals surface area contributed by atoms with Gasteiger partial charge >= 0.3 is 0 Å². The lowest BCUT2D eigenvalue weighted by atomic mass is 9.86. The van der Waals surface area contributed by atoms with Crippen LogP contribution in [-0.2, 0) is 10.8 Å². The summed E-state index contributed by atoms with van der Waals surface area (Å²) in [6.07, 6.45) is 4.23. The van der Waals surface area contributed by atoms with E-state index in [4.69, 9.17) is 5.10 Å². The lowest BCUT2D eigenvalue weighted by molar-refractivity contribution is 0.590. The van der Waals surface area contributed by atoms with Crippen molar-refractivity contribution in [2.45, 2.75) is 52.4 Å². The fourth-order valence-electron chi connectivity index (χ4n) is 3.87. The zero-order valence-electron chi connectivity index (χ0n) is 20.6. The summed E-state index contributed by atoms with van der Waals surface area (Å²) >= 11 is 0. The largest absolute Gasteiger partial charge is 0.233 e. The van der Waals surface area contributed by atoms with E-state index in [1.54, 1.807) is 0 Å². The Morgan fingerprint density at radius 1 is 0.636 bits per heavy atom. The smallest absolute Gasteiger partial charge is 0.0862 e. The highest BCUT2D eigenvalue weighted by molar-refractivity contribution is 5.72. The number of hydrogen-bond donors (Lipinski definition) is 0. The Morgan fingerprint density at radius 2 is 1.18 bits per heavy atom. The maximum absolute atomic E-state index is 4.93.